The molecule has 0 fully saturated rings. The third kappa shape index (κ3) is 14.9. The maximum Gasteiger partial charge on any atom is -0.0193 e. The highest BCUT2D eigenvalue weighted by Gasteiger charge is 2.07. The van der Waals surface area contributed by atoms with Gasteiger partial charge in [-0.25, -0.2) is 0 Å². The molecule has 0 saturated heterocycles. The Morgan fingerprint density at radius 3 is 1.67 bits per heavy atom. The first-order valence-electron chi connectivity index (χ1n) is 14.3. The van der Waals surface area contributed by atoms with E-state index in [9.17, 15) is 0 Å². The van der Waals surface area contributed by atoms with Crippen molar-refractivity contribution >= 4 is 11.6 Å². The summed E-state index contributed by atoms with van der Waals surface area (Å²) in [7, 11) is 0. The highest BCUT2D eigenvalue weighted by molar-refractivity contribution is 5.71. The maximum atomic E-state index is 3.93. The van der Waals surface area contributed by atoms with Crippen molar-refractivity contribution in [3.8, 4) is 0 Å². The standard InChI is InChI=1S/C16H24.C14H18.3C2H6/c1-6-8-13(4)15(7-2)16-11-12(3)9-10-14(16)5;1-10(2)12(4)9-14-7-6-11(3)8-13(14)5;3*1-2/h9-11H,6-8H2,1-5H3;6-9H,1H2,2-5H3;3*1-2H3/b15-13+;12-9+;;;. The van der Waals surface area contributed by atoms with Crippen molar-refractivity contribution in [3.05, 3.63) is 93.1 Å². The molecule has 0 N–H and O–H groups in total. The molecule has 0 aromatic heterocycles. The first-order valence-corrected chi connectivity index (χ1v) is 14.3. The third-order valence-electron chi connectivity index (χ3n) is 5.68. The molecular weight excluding hydrogens is 432 g/mol. The van der Waals surface area contributed by atoms with Crippen LogP contribution in [0.4, 0.5) is 0 Å². The molecule has 0 aliphatic heterocycles. The number of benzene rings is 2. The van der Waals surface area contributed by atoms with Crippen LogP contribution in [0, 0.1) is 27.7 Å². The minimum absolute atomic E-state index is 1.13. The van der Waals surface area contributed by atoms with Gasteiger partial charge in [-0.1, -0.05) is 133 Å². The third-order valence-corrected chi connectivity index (χ3v) is 5.68. The molecule has 0 aliphatic rings. The summed E-state index contributed by atoms with van der Waals surface area (Å²) in [4.78, 5) is 0. The summed E-state index contributed by atoms with van der Waals surface area (Å²) in [6, 6.07) is 13.3. The van der Waals surface area contributed by atoms with Crippen LogP contribution >= 0.6 is 0 Å². The number of aryl methyl sites for hydroxylation is 4. The fourth-order valence-corrected chi connectivity index (χ4v) is 3.65. The van der Waals surface area contributed by atoms with Gasteiger partial charge in [-0.05, 0) is 94.7 Å². The van der Waals surface area contributed by atoms with Crippen molar-refractivity contribution in [1.82, 2.24) is 0 Å². The Hall–Kier alpha value is -2.34. The van der Waals surface area contributed by atoms with Gasteiger partial charge >= 0.3 is 0 Å². The van der Waals surface area contributed by atoms with E-state index in [0.717, 1.165) is 12.0 Å². The van der Waals surface area contributed by atoms with Crippen LogP contribution in [0.15, 0.2) is 59.7 Å². The summed E-state index contributed by atoms with van der Waals surface area (Å²) >= 11 is 0. The van der Waals surface area contributed by atoms with Crippen molar-refractivity contribution < 1.29 is 0 Å². The number of hydrogen-bond acceptors (Lipinski definition) is 0. The van der Waals surface area contributed by atoms with Crippen LogP contribution < -0.4 is 0 Å². The Morgan fingerprint density at radius 1 is 0.722 bits per heavy atom. The Morgan fingerprint density at radius 2 is 1.22 bits per heavy atom. The predicted octanol–water partition coefficient (Wildman–Crippen LogP) is 12.6. The molecule has 0 amide bonds. The highest BCUT2D eigenvalue weighted by atomic mass is 14.1. The van der Waals surface area contributed by atoms with Crippen molar-refractivity contribution in [3.63, 3.8) is 0 Å². The predicted molar refractivity (Wildman–Crippen MR) is 172 cm³/mol. The number of allylic oxidation sites excluding steroid dienone is 4. The van der Waals surface area contributed by atoms with Gasteiger partial charge in [0.15, 0.2) is 0 Å². The van der Waals surface area contributed by atoms with Crippen LogP contribution in [0.5, 0.6) is 0 Å². The summed E-state index contributed by atoms with van der Waals surface area (Å²) in [6.45, 7) is 35.5. The van der Waals surface area contributed by atoms with Gasteiger partial charge < -0.3 is 0 Å². The molecule has 204 valence electrons. The van der Waals surface area contributed by atoms with Gasteiger partial charge in [0, 0.05) is 0 Å². The van der Waals surface area contributed by atoms with Crippen LogP contribution in [-0.4, -0.2) is 0 Å². The van der Waals surface area contributed by atoms with E-state index in [-0.39, 0.29) is 0 Å². The molecule has 0 bridgehead atoms. The van der Waals surface area contributed by atoms with Gasteiger partial charge in [0.25, 0.3) is 0 Å². The Balaban J connectivity index is -0.000000503. The topological polar surface area (TPSA) is 0 Å². The van der Waals surface area contributed by atoms with Crippen LogP contribution in [0.2, 0.25) is 0 Å². The monoisotopic (exact) mass is 492 g/mol. The average Bonchev–Trinajstić information content (AvgIpc) is 2.87. The number of hydrogen-bond donors (Lipinski definition) is 0. The van der Waals surface area contributed by atoms with Gasteiger partial charge in [-0.2, -0.15) is 0 Å². The van der Waals surface area contributed by atoms with Crippen molar-refractivity contribution in [2.45, 2.75) is 123 Å². The summed E-state index contributed by atoms with van der Waals surface area (Å²) in [6.07, 6.45) is 5.78. The first kappa shape index (κ1) is 38.2. The van der Waals surface area contributed by atoms with Gasteiger partial charge in [-0.3, -0.25) is 0 Å². The molecule has 0 heterocycles. The zero-order chi connectivity index (χ0) is 28.8. The lowest BCUT2D eigenvalue weighted by molar-refractivity contribution is 0.901. The van der Waals surface area contributed by atoms with E-state index in [1.807, 2.05) is 48.5 Å². The van der Waals surface area contributed by atoms with E-state index < -0.39 is 0 Å². The second-order valence-corrected chi connectivity index (χ2v) is 8.65. The molecule has 36 heavy (non-hydrogen) atoms. The zero-order valence-corrected chi connectivity index (χ0v) is 26.9. The molecule has 0 spiro atoms. The van der Waals surface area contributed by atoms with Crippen molar-refractivity contribution in [1.29, 1.82) is 0 Å². The summed E-state index contributed by atoms with van der Waals surface area (Å²) in [5, 5.41) is 0. The minimum Gasteiger partial charge on any atom is -0.0958 e. The maximum absolute atomic E-state index is 3.93. The Labute approximate surface area is 227 Å². The fraction of sp³-hybridized carbons (Fsp3) is 0.500. The minimum atomic E-state index is 1.13. The molecule has 2 aromatic carbocycles. The van der Waals surface area contributed by atoms with Gasteiger partial charge in [-0.15, -0.1) is 0 Å². The van der Waals surface area contributed by atoms with Crippen molar-refractivity contribution in [2.24, 2.45) is 0 Å². The molecule has 0 nitrogen and oxygen atoms in total. The molecule has 0 heteroatoms. The summed E-state index contributed by atoms with van der Waals surface area (Å²) in [5.74, 6) is 0. The zero-order valence-electron chi connectivity index (χ0n) is 26.9. The van der Waals surface area contributed by atoms with E-state index in [1.54, 1.807) is 11.1 Å². The molecule has 0 saturated carbocycles. The lowest BCUT2D eigenvalue weighted by atomic mass is 9.92. The van der Waals surface area contributed by atoms with E-state index >= 15 is 0 Å². The van der Waals surface area contributed by atoms with Gasteiger partial charge in [0.05, 0.1) is 0 Å². The Kier molecular flexibility index (Phi) is 24.5. The highest BCUT2D eigenvalue weighted by Crippen LogP contribution is 2.28. The van der Waals surface area contributed by atoms with Crippen molar-refractivity contribution in [2.75, 3.05) is 0 Å². The van der Waals surface area contributed by atoms with Crippen LogP contribution in [0.1, 0.15) is 129 Å². The lowest BCUT2D eigenvalue weighted by Gasteiger charge is -2.14. The van der Waals surface area contributed by atoms with Crippen LogP contribution in [-0.2, 0) is 0 Å². The second kappa shape index (κ2) is 23.1. The molecule has 0 aliphatic carbocycles. The normalized spacial score (nSPS) is 10.6. The molecule has 0 unspecified atom stereocenters. The molecule has 0 atom stereocenters. The first-order chi connectivity index (χ1) is 17.1. The van der Waals surface area contributed by atoms with Gasteiger partial charge in [0.2, 0.25) is 0 Å². The van der Waals surface area contributed by atoms with Gasteiger partial charge in [0.1, 0.15) is 0 Å². The molecule has 2 aromatic rings. The average molecular weight is 493 g/mol. The fourth-order valence-electron chi connectivity index (χ4n) is 3.65. The summed E-state index contributed by atoms with van der Waals surface area (Å²) < 4.78 is 0. The SMILES string of the molecule is C=C(C)/C(C)=C/c1ccc(C)cc1C.CC.CC.CC.CCC/C(C)=C(\CC)c1cc(C)ccc1C. The smallest absolute Gasteiger partial charge is 0.0193 e. The summed E-state index contributed by atoms with van der Waals surface area (Å²) in [5.41, 5.74) is 13.6. The van der Waals surface area contributed by atoms with E-state index in [0.29, 0.717) is 0 Å². The van der Waals surface area contributed by atoms with E-state index in [2.05, 4.69) is 104 Å². The Bertz CT molecular complexity index is 919. The molecule has 2 rings (SSSR count). The van der Waals surface area contributed by atoms with Crippen LogP contribution in [0.25, 0.3) is 11.6 Å². The molecular formula is C36H60. The largest absolute Gasteiger partial charge is 0.0958 e. The van der Waals surface area contributed by atoms with E-state index in [4.69, 9.17) is 0 Å². The molecule has 0 radical (unpaired) electrons. The second-order valence-electron chi connectivity index (χ2n) is 8.65. The van der Waals surface area contributed by atoms with E-state index in [1.165, 1.54) is 51.8 Å². The van der Waals surface area contributed by atoms with Crippen LogP contribution in [0.3, 0.4) is 0 Å². The quantitative estimate of drug-likeness (QED) is 0.352. The lowest BCUT2D eigenvalue weighted by Crippen LogP contribution is -1.93. The number of rotatable bonds is 6.